The zero-order valence-corrected chi connectivity index (χ0v) is 23.6. The lowest BCUT2D eigenvalue weighted by Crippen LogP contribution is -2.53. The van der Waals surface area contributed by atoms with Crippen LogP contribution in [-0.4, -0.2) is 28.5 Å². The van der Waals surface area contributed by atoms with Gasteiger partial charge in [-0.15, -0.1) is 11.8 Å². The van der Waals surface area contributed by atoms with Gasteiger partial charge in [0.2, 0.25) is 0 Å². The van der Waals surface area contributed by atoms with E-state index in [4.69, 9.17) is 44.5 Å². The molecule has 0 spiro atoms. The van der Waals surface area contributed by atoms with Crippen LogP contribution in [0.15, 0.2) is 76.6 Å². The van der Waals surface area contributed by atoms with Crippen LogP contribution in [0.5, 0.6) is 5.75 Å². The molecule has 1 amide bonds. The predicted molar refractivity (Wildman–Crippen MR) is 151 cm³/mol. The molecule has 0 bridgehead atoms. The standard InChI is InChI=1S/C28H27Cl3N2O2S/c1-5-35-24-17-22(36-6-2)15-16-23(24)25-32-27(3,18-7-11-20(29)12-8-18)28(4,33(25)26(31)34)19-9-13-21(30)14-10-19/h7-17H,5-6H2,1-4H3. The Hall–Kier alpha value is -2.18. The van der Waals surface area contributed by atoms with Crippen LogP contribution < -0.4 is 4.74 Å². The highest BCUT2D eigenvalue weighted by molar-refractivity contribution is 7.99. The van der Waals surface area contributed by atoms with E-state index in [1.807, 2.05) is 87.5 Å². The molecule has 8 heteroatoms. The van der Waals surface area contributed by atoms with Crippen molar-refractivity contribution in [2.75, 3.05) is 12.4 Å². The van der Waals surface area contributed by atoms with Gasteiger partial charge in [0.05, 0.1) is 12.2 Å². The molecule has 1 aliphatic rings. The molecule has 1 aliphatic heterocycles. The van der Waals surface area contributed by atoms with Crippen LogP contribution in [0.3, 0.4) is 0 Å². The van der Waals surface area contributed by atoms with Gasteiger partial charge in [0, 0.05) is 14.9 Å². The second kappa shape index (κ2) is 10.7. The molecular formula is C28H27Cl3N2O2S. The first-order valence-electron chi connectivity index (χ1n) is 11.7. The van der Waals surface area contributed by atoms with Gasteiger partial charge >= 0.3 is 5.37 Å². The van der Waals surface area contributed by atoms with Gasteiger partial charge in [-0.3, -0.25) is 14.7 Å². The first-order valence-corrected chi connectivity index (χ1v) is 13.8. The normalized spacial score (nSPS) is 21.4. The van der Waals surface area contributed by atoms with Gasteiger partial charge in [-0.25, -0.2) is 0 Å². The zero-order chi connectivity index (χ0) is 26.1. The number of amides is 1. The van der Waals surface area contributed by atoms with E-state index in [0.29, 0.717) is 33.8 Å². The average Bonchev–Trinajstić information content (AvgIpc) is 3.09. The Kier molecular flexibility index (Phi) is 7.96. The van der Waals surface area contributed by atoms with Crippen LogP contribution in [-0.2, 0) is 11.1 Å². The van der Waals surface area contributed by atoms with Crippen molar-refractivity contribution in [3.05, 3.63) is 93.5 Å². The highest BCUT2D eigenvalue weighted by atomic mass is 35.5. The molecule has 0 N–H and O–H groups in total. The minimum Gasteiger partial charge on any atom is -0.493 e. The number of hydrogen-bond donors (Lipinski definition) is 0. The van der Waals surface area contributed by atoms with Crippen LogP contribution in [0.25, 0.3) is 0 Å². The number of halogens is 3. The van der Waals surface area contributed by atoms with E-state index < -0.39 is 16.4 Å². The summed E-state index contributed by atoms with van der Waals surface area (Å²) in [6, 6.07) is 20.9. The Labute approximate surface area is 231 Å². The first-order chi connectivity index (χ1) is 17.2. The summed E-state index contributed by atoms with van der Waals surface area (Å²) in [6.45, 7) is 8.48. The molecule has 0 saturated carbocycles. The largest absolute Gasteiger partial charge is 0.493 e. The van der Waals surface area contributed by atoms with Gasteiger partial charge in [-0.1, -0.05) is 54.4 Å². The van der Waals surface area contributed by atoms with E-state index in [0.717, 1.165) is 21.8 Å². The summed E-state index contributed by atoms with van der Waals surface area (Å²) in [4.78, 5) is 21.1. The minimum absolute atomic E-state index is 0.446. The van der Waals surface area contributed by atoms with Gasteiger partial charge in [0.15, 0.2) is 0 Å². The third-order valence-corrected chi connectivity index (χ3v) is 8.28. The molecular weight excluding hydrogens is 535 g/mol. The molecule has 188 valence electrons. The van der Waals surface area contributed by atoms with Crippen molar-refractivity contribution in [2.24, 2.45) is 4.99 Å². The van der Waals surface area contributed by atoms with E-state index in [9.17, 15) is 4.79 Å². The number of nitrogens with zero attached hydrogens (tertiary/aromatic N) is 2. The van der Waals surface area contributed by atoms with E-state index in [1.165, 1.54) is 0 Å². The fraction of sp³-hybridized carbons (Fsp3) is 0.286. The first kappa shape index (κ1) is 26.9. The molecule has 0 radical (unpaired) electrons. The third kappa shape index (κ3) is 4.63. The molecule has 3 aromatic rings. The number of rotatable bonds is 7. The highest BCUT2D eigenvalue weighted by Gasteiger charge is 2.59. The van der Waals surface area contributed by atoms with Gasteiger partial charge in [-0.2, -0.15) is 0 Å². The summed E-state index contributed by atoms with van der Waals surface area (Å²) in [7, 11) is 0. The Morgan fingerprint density at radius 1 is 0.944 bits per heavy atom. The highest BCUT2D eigenvalue weighted by Crippen LogP contribution is 2.54. The Bertz CT molecular complexity index is 1300. The van der Waals surface area contributed by atoms with E-state index >= 15 is 0 Å². The third-order valence-electron chi connectivity index (χ3n) is 6.73. The van der Waals surface area contributed by atoms with Crippen molar-refractivity contribution >= 4 is 57.8 Å². The second-order valence-corrected chi connectivity index (χ2v) is 11.2. The average molecular weight is 562 g/mol. The number of thioether (sulfide) groups is 1. The maximum absolute atomic E-state index is 13.2. The Morgan fingerprint density at radius 2 is 1.53 bits per heavy atom. The van der Waals surface area contributed by atoms with Crippen molar-refractivity contribution in [3.63, 3.8) is 0 Å². The fourth-order valence-corrected chi connectivity index (χ4v) is 5.95. The number of amidine groups is 1. The summed E-state index contributed by atoms with van der Waals surface area (Å²) >= 11 is 20.5. The fourth-order valence-electron chi connectivity index (χ4n) is 4.76. The topological polar surface area (TPSA) is 41.9 Å². The van der Waals surface area contributed by atoms with Crippen molar-refractivity contribution < 1.29 is 9.53 Å². The predicted octanol–water partition coefficient (Wildman–Crippen LogP) is 8.76. The second-order valence-electron chi connectivity index (χ2n) is 8.71. The Balaban J connectivity index is 2.01. The van der Waals surface area contributed by atoms with Crippen molar-refractivity contribution in [2.45, 2.75) is 43.7 Å². The number of benzene rings is 3. The van der Waals surface area contributed by atoms with E-state index in [-0.39, 0.29) is 0 Å². The van der Waals surface area contributed by atoms with Crippen molar-refractivity contribution in [3.8, 4) is 5.75 Å². The molecule has 4 rings (SSSR count). The quantitative estimate of drug-likeness (QED) is 0.164. The number of aliphatic imine (C=N–C) groups is 1. The summed E-state index contributed by atoms with van der Waals surface area (Å²) in [5.41, 5.74) is 0.529. The lowest BCUT2D eigenvalue weighted by Gasteiger charge is -2.44. The van der Waals surface area contributed by atoms with Crippen LogP contribution in [0.4, 0.5) is 4.79 Å². The van der Waals surface area contributed by atoms with Gasteiger partial charge in [-0.05, 0) is 91.7 Å². The molecule has 2 unspecified atom stereocenters. The van der Waals surface area contributed by atoms with Crippen LogP contribution in [0, 0.1) is 0 Å². The molecule has 0 aromatic heterocycles. The van der Waals surface area contributed by atoms with Gasteiger partial charge < -0.3 is 4.74 Å². The van der Waals surface area contributed by atoms with Gasteiger partial charge in [0.25, 0.3) is 0 Å². The molecule has 0 saturated heterocycles. The van der Waals surface area contributed by atoms with Crippen molar-refractivity contribution in [1.29, 1.82) is 0 Å². The molecule has 4 nitrogen and oxygen atoms in total. The zero-order valence-electron chi connectivity index (χ0n) is 20.5. The maximum Gasteiger partial charge on any atom is 0.322 e. The lowest BCUT2D eigenvalue weighted by molar-refractivity contribution is 0.149. The summed E-state index contributed by atoms with van der Waals surface area (Å²) in [6.07, 6.45) is 0. The smallest absolute Gasteiger partial charge is 0.322 e. The SMILES string of the molecule is CCOc1cc(SCC)ccc1C1=NC(C)(c2ccc(Cl)cc2)C(C)(c2ccc(Cl)cc2)N1C(=O)Cl. The van der Waals surface area contributed by atoms with Gasteiger partial charge in [0.1, 0.15) is 22.7 Å². The number of ether oxygens (including phenoxy) is 1. The molecule has 36 heavy (non-hydrogen) atoms. The summed E-state index contributed by atoms with van der Waals surface area (Å²) in [5.74, 6) is 2.03. The maximum atomic E-state index is 13.2. The number of carbonyl (C=O) groups excluding carboxylic acids is 1. The molecule has 1 heterocycles. The monoisotopic (exact) mass is 560 g/mol. The van der Waals surface area contributed by atoms with Crippen molar-refractivity contribution in [1.82, 2.24) is 4.90 Å². The molecule has 3 aromatic carbocycles. The summed E-state index contributed by atoms with van der Waals surface area (Å²) in [5, 5.41) is 0.574. The van der Waals surface area contributed by atoms with E-state index in [1.54, 1.807) is 16.7 Å². The Morgan fingerprint density at radius 3 is 2.06 bits per heavy atom. The molecule has 0 aliphatic carbocycles. The van der Waals surface area contributed by atoms with Crippen LogP contribution in [0.1, 0.15) is 44.4 Å². The van der Waals surface area contributed by atoms with E-state index in [2.05, 4.69) is 6.92 Å². The van der Waals surface area contributed by atoms with Crippen LogP contribution >= 0.6 is 46.6 Å². The molecule has 0 fully saturated rings. The summed E-state index contributed by atoms with van der Waals surface area (Å²) < 4.78 is 6.03. The minimum atomic E-state index is -0.986. The van der Waals surface area contributed by atoms with Crippen LogP contribution in [0.2, 0.25) is 10.0 Å². The molecule has 2 atom stereocenters. The lowest BCUT2D eigenvalue weighted by atomic mass is 9.71. The number of hydrogen-bond acceptors (Lipinski definition) is 4. The number of carbonyl (C=O) groups is 1.